The Morgan fingerprint density at radius 3 is 2.59 bits per heavy atom. The Balaban J connectivity index is 1.95. The number of carbonyl (C=O) groups excluding carboxylic acids is 1. The molecule has 0 saturated carbocycles. The summed E-state index contributed by atoms with van der Waals surface area (Å²) in [4.78, 5) is 16.6. The van der Waals surface area contributed by atoms with Gasteiger partial charge in [-0.2, -0.15) is 5.10 Å². The molecule has 0 saturated heterocycles. The lowest BCUT2D eigenvalue weighted by Gasteiger charge is -2.05. The number of nitrogens with zero attached hydrogens (tertiary/aromatic N) is 5. The van der Waals surface area contributed by atoms with Crippen LogP contribution in [-0.4, -0.2) is 30.9 Å². The first kappa shape index (κ1) is 14.1. The van der Waals surface area contributed by atoms with Crippen molar-refractivity contribution >= 4 is 22.6 Å². The van der Waals surface area contributed by atoms with Crippen molar-refractivity contribution in [1.29, 1.82) is 0 Å². The summed E-state index contributed by atoms with van der Waals surface area (Å²) >= 11 is 0. The van der Waals surface area contributed by atoms with Gasteiger partial charge in [-0.25, -0.2) is 4.98 Å². The summed E-state index contributed by atoms with van der Waals surface area (Å²) in [5, 5.41) is 15.0. The number of hydrogen-bond donors (Lipinski definition) is 1. The van der Waals surface area contributed by atoms with Crippen LogP contribution in [0.15, 0.2) is 18.2 Å². The van der Waals surface area contributed by atoms with Crippen LogP contribution in [0.25, 0.3) is 11.0 Å². The van der Waals surface area contributed by atoms with Crippen molar-refractivity contribution < 1.29 is 4.79 Å². The molecule has 0 aliphatic rings. The fourth-order valence-electron chi connectivity index (χ4n) is 2.27. The quantitative estimate of drug-likeness (QED) is 0.781. The average molecular weight is 296 g/mol. The molecular formula is C15H16N6O. The highest BCUT2D eigenvalue weighted by atomic mass is 16.2. The number of anilines is 1. The zero-order valence-corrected chi connectivity index (χ0v) is 12.9. The van der Waals surface area contributed by atoms with Crippen LogP contribution >= 0.6 is 0 Å². The summed E-state index contributed by atoms with van der Waals surface area (Å²) in [6.45, 7) is 5.69. The predicted octanol–water partition coefficient (Wildman–Crippen LogP) is 1.94. The summed E-state index contributed by atoms with van der Waals surface area (Å²) < 4.78 is 1.72. The minimum atomic E-state index is -0.393. The summed E-state index contributed by atoms with van der Waals surface area (Å²) in [5.41, 5.74) is 4.67. The van der Waals surface area contributed by atoms with Gasteiger partial charge in [-0.1, -0.05) is 6.07 Å². The van der Waals surface area contributed by atoms with Gasteiger partial charge in [-0.15, -0.1) is 10.2 Å². The van der Waals surface area contributed by atoms with Crippen LogP contribution in [0.3, 0.4) is 0 Å². The molecule has 0 spiro atoms. The molecule has 3 aromatic rings. The number of nitrogens with one attached hydrogen (secondary N) is 1. The van der Waals surface area contributed by atoms with Crippen molar-refractivity contribution in [2.75, 3.05) is 5.32 Å². The molecule has 7 nitrogen and oxygen atoms in total. The third-order valence-corrected chi connectivity index (χ3v) is 3.56. The first-order chi connectivity index (χ1) is 10.5. The van der Waals surface area contributed by atoms with Crippen LogP contribution in [0.1, 0.15) is 27.6 Å². The lowest BCUT2D eigenvalue weighted by molar-refractivity contribution is 0.101. The van der Waals surface area contributed by atoms with Gasteiger partial charge in [0.2, 0.25) is 5.82 Å². The standard InChI is InChI=1S/C15H16N6O/c1-8-5-6-11-12(7-8)16-14(19-18-11)15(22)17-13-9(2)20-21(4)10(13)3/h5-7H,1-4H3,(H,17,22). The van der Waals surface area contributed by atoms with Crippen molar-refractivity contribution in [2.45, 2.75) is 20.8 Å². The van der Waals surface area contributed by atoms with E-state index in [0.717, 1.165) is 17.0 Å². The van der Waals surface area contributed by atoms with Crippen LogP contribution in [0, 0.1) is 20.8 Å². The van der Waals surface area contributed by atoms with Gasteiger partial charge in [0.15, 0.2) is 0 Å². The zero-order chi connectivity index (χ0) is 15.9. The molecule has 3 rings (SSSR count). The maximum absolute atomic E-state index is 12.3. The monoisotopic (exact) mass is 296 g/mol. The summed E-state index contributed by atoms with van der Waals surface area (Å²) in [7, 11) is 1.83. The van der Waals surface area contributed by atoms with Crippen LogP contribution in [0.5, 0.6) is 0 Å². The van der Waals surface area contributed by atoms with Crippen molar-refractivity contribution in [3.8, 4) is 0 Å². The first-order valence-corrected chi connectivity index (χ1v) is 6.88. The Morgan fingerprint density at radius 1 is 1.14 bits per heavy atom. The van der Waals surface area contributed by atoms with E-state index in [0.29, 0.717) is 16.7 Å². The van der Waals surface area contributed by atoms with Crippen LogP contribution < -0.4 is 5.32 Å². The number of hydrogen-bond acceptors (Lipinski definition) is 5. The van der Waals surface area contributed by atoms with Gasteiger partial charge >= 0.3 is 0 Å². The molecule has 0 aliphatic carbocycles. The molecule has 2 aromatic heterocycles. The zero-order valence-electron chi connectivity index (χ0n) is 12.9. The Bertz CT molecular complexity index is 883. The summed E-state index contributed by atoms with van der Waals surface area (Å²) in [5.74, 6) is -0.351. The Hall–Kier alpha value is -2.83. The second kappa shape index (κ2) is 5.18. The highest BCUT2D eigenvalue weighted by Gasteiger charge is 2.16. The minimum Gasteiger partial charge on any atom is -0.316 e. The highest BCUT2D eigenvalue weighted by Crippen LogP contribution is 2.19. The topological polar surface area (TPSA) is 85.6 Å². The third kappa shape index (κ3) is 2.41. The molecule has 22 heavy (non-hydrogen) atoms. The molecule has 2 heterocycles. The Labute approximate surface area is 127 Å². The number of aryl methyl sites for hydroxylation is 3. The first-order valence-electron chi connectivity index (χ1n) is 6.88. The predicted molar refractivity (Wildman–Crippen MR) is 82.7 cm³/mol. The molecule has 1 amide bonds. The lowest BCUT2D eigenvalue weighted by Crippen LogP contribution is -2.17. The largest absolute Gasteiger partial charge is 0.316 e. The molecule has 7 heteroatoms. The van der Waals surface area contributed by atoms with E-state index < -0.39 is 5.91 Å². The van der Waals surface area contributed by atoms with Gasteiger partial charge in [0.05, 0.1) is 22.6 Å². The van der Waals surface area contributed by atoms with Crippen molar-refractivity contribution in [3.63, 3.8) is 0 Å². The second-order valence-corrected chi connectivity index (χ2v) is 5.25. The van der Waals surface area contributed by atoms with E-state index in [9.17, 15) is 4.79 Å². The smallest absolute Gasteiger partial charge is 0.295 e. The van der Waals surface area contributed by atoms with Gasteiger partial charge in [-0.05, 0) is 38.5 Å². The maximum Gasteiger partial charge on any atom is 0.295 e. The van der Waals surface area contributed by atoms with Crippen molar-refractivity contribution in [1.82, 2.24) is 25.0 Å². The van der Waals surface area contributed by atoms with E-state index in [1.54, 1.807) is 4.68 Å². The Kier molecular flexibility index (Phi) is 3.32. The summed E-state index contributed by atoms with van der Waals surface area (Å²) in [6, 6.07) is 5.64. The number of carbonyl (C=O) groups is 1. The molecular weight excluding hydrogens is 280 g/mol. The van der Waals surface area contributed by atoms with E-state index in [-0.39, 0.29) is 5.82 Å². The van der Waals surface area contributed by atoms with E-state index in [1.807, 2.05) is 46.0 Å². The SMILES string of the molecule is Cc1ccc2nnc(C(=O)Nc3c(C)nn(C)c3C)nc2c1. The van der Waals surface area contributed by atoms with E-state index in [4.69, 9.17) is 0 Å². The lowest BCUT2D eigenvalue weighted by atomic mass is 10.2. The minimum absolute atomic E-state index is 0.0424. The van der Waals surface area contributed by atoms with Gasteiger partial charge < -0.3 is 5.32 Å². The van der Waals surface area contributed by atoms with Crippen LogP contribution in [0.2, 0.25) is 0 Å². The average Bonchev–Trinajstić information content (AvgIpc) is 2.72. The number of amides is 1. The highest BCUT2D eigenvalue weighted by molar-refractivity contribution is 6.02. The van der Waals surface area contributed by atoms with E-state index in [1.165, 1.54) is 0 Å². The molecule has 1 N–H and O–H groups in total. The van der Waals surface area contributed by atoms with Gasteiger partial charge in [0.25, 0.3) is 5.91 Å². The fraction of sp³-hybridized carbons (Fsp3) is 0.267. The number of aromatic nitrogens is 5. The molecule has 0 aliphatic heterocycles. The summed E-state index contributed by atoms with van der Waals surface area (Å²) in [6.07, 6.45) is 0. The molecule has 0 unspecified atom stereocenters. The fourth-order valence-corrected chi connectivity index (χ4v) is 2.27. The number of fused-ring (bicyclic) bond motifs is 1. The van der Waals surface area contributed by atoms with Crippen LogP contribution in [-0.2, 0) is 7.05 Å². The van der Waals surface area contributed by atoms with Crippen LogP contribution in [0.4, 0.5) is 5.69 Å². The number of rotatable bonds is 2. The van der Waals surface area contributed by atoms with Gasteiger partial charge in [-0.3, -0.25) is 9.48 Å². The number of benzene rings is 1. The molecule has 1 aromatic carbocycles. The van der Waals surface area contributed by atoms with E-state index >= 15 is 0 Å². The Morgan fingerprint density at radius 2 is 1.91 bits per heavy atom. The normalized spacial score (nSPS) is 10.9. The molecule has 112 valence electrons. The maximum atomic E-state index is 12.3. The third-order valence-electron chi connectivity index (χ3n) is 3.56. The van der Waals surface area contributed by atoms with Crippen molar-refractivity contribution in [2.24, 2.45) is 7.05 Å². The molecule has 0 bridgehead atoms. The van der Waals surface area contributed by atoms with Crippen molar-refractivity contribution in [3.05, 3.63) is 41.0 Å². The molecule has 0 fully saturated rings. The molecule has 0 radical (unpaired) electrons. The van der Waals surface area contributed by atoms with Gasteiger partial charge in [0.1, 0.15) is 5.52 Å². The van der Waals surface area contributed by atoms with Gasteiger partial charge in [0, 0.05) is 7.05 Å². The van der Waals surface area contributed by atoms with E-state index in [2.05, 4.69) is 25.6 Å². The second-order valence-electron chi connectivity index (χ2n) is 5.25. The molecule has 0 atom stereocenters.